The Kier molecular flexibility index (Phi) is 4.41. The molecule has 2 atom stereocenters. The minimum Gasteiger partial charge on any atom is -0.381 e. The van der Waals surface area contributed by atoms with Gasteiger partial charge < -0.3 is 5.32 Å². The lowest BCUT2D eigenvalue weighted by molar-refractivity contribution is 0.574. The summed E-state index contributed by atoms with van der Waals surface area (Å²) < 4.78 is 12.0. The van der Waals surface area contributed by atoms with Gasteiger partial charge >= 0.3 is 0 Å². The van der Waals surface area contributed by atoms with Gasteiger partial charge in [-0.05, 0) is 30.5 Å². The molecule has 98 valence electrons. The van der Waals surface area contributed by atoms with Crippen molar-refractivity contribution in [2.24, 2.45) is 0 Å². The Labute approximate surface area is 121 Å². The van der Waals surface area contributed by atoms with Gasteiger partial charge in [-0.2, -0.15) is 0 Å². The first-order valence-electron chi connectivity index (χ1n) is 5.98. The molecule has 18 heavy (non-hydrogen) atoms. The fourth-order valence-corrected chi connectivity index (χ4v) is 4.96. The average Bonchev–Trinajstić information content (AvgIpc) is 2.40. The lowest BCUT2D eigenvalue weighted by Crippen LogP contribution is -2.47. The van der Waals surface area contributed by atoms with E-state index in [1.165, 1.54) is 0 Å². The van der Waals surface area contributed by atoms with Gasteiger partial charge in [-0.1, -0.05) is 42.4 Å². The summed E-state index contributed by atoms with van der Waals surface area (Å²) >= 11 is 11.4. The molecular weight excluding hydrogens is 286 g/mol. The Balaban J connectivity index is 2.51. The molecule has 1 aliphatic rings. The van der Waals surface area contributed by atoms with Crippen molar-refractivity contribution < 1.29 is 4.21 Å². The number of thiocarbonyl (C=S) groups is 1. The van der Waals surface area contributed by atoms with Crippen molar-refractivity contribution >= 4 is 39.6 Å². The zero-order chi connectivity index (χ0) is 13.2. The highest BCUT2D eigenvalue weighted by molar-refractivity contribution is 7.90. The SMILES string of the molecule is CNC(=S)[C@@]1(c2ccc(Cl)cc2)CCCC[S@]1=O. The highest BCUT2D eigenvalue weighted by Gasteiger charge is 2.44. The molecule has 0 unspecified atom stereocenters. The average molecular weight is 302 g/mol. The molecule has 1 aromatic rings. The first-order valence-corrected chi connectivity index (χ1v) is 8.08. The number of rotatable bonds is 2. The molecule has 1 N–H and O–H groups in total. The number of benzene rings is 1. The van der Waals surface area contributed by atoms with Crippen LogP contribution in [0.3, 0.4) is 0 Å². The van der Waals surface area contributed by atoms with Crippen LogP contribution in [0.1, 0.15) is 24.8 Å². The summed E-state index contributed by atoms with van der Waals surface area (Å²) in [5, 5.41) is 3.71. The number of halogens is 1. The van der Waals surface area contributed by atoms with Gasteiger partial charge in [0.05, 0.1) is 4.99 Å². The largest absolute Gasteiger partial charge is 0.381 e. The first kappa shape index (κ1) is 14.0. The Bertz CT molecular complexity index is 464. The monoisotopic (exact) mass is 301 g/mol. The summed E-state index contributed by atoms with van der Waals surface area (Å²) in [5.41, 5.74) is 1.00. The third-order valence-electron chi connectivity index (χ3n) is 3.40. The lowest BCUT2D eigenvalue weighted by atomic mass is 9.91. The van der Waals surface area contributed by atoms with Crippen molar-refractivity contribution in [3.05, 3.63) is 34.9 Å². The van der Waals surface area contributed by atoms with Gasteiger partial charge in [0.15, 0.2) is 0 Å². The molecule has 1 heterocycles. The Morgan fingerprint density at radius 3 is 2.61 bits per heavy atom. The quantitative estimate of drug-likeness (QED) is 0.852. The van der Waals surface area contributed by atoms with Crippen molar-refractivity contribution in [1.29, 1.82) is 0 Å². The Hall–Kier alpha value is -0.450. The molecule has 5 heteroatoms. The van der Waals surface area contributed by atoms with Gasteiger partial charge in [0.1, 0.15) is 4.75 Å². The molecule has 2 nitrogen and oxygen atoms in total. The molecule has 0 aliphatic carbocycles. The smallest absolute Gasteiger partial charge is 0.121 e. The van der Waals surface area contributed by atoms with E-state index in [0.717, 1.165) is 24.8 Å². The second-order valence-corrected chi connectivity index (χ2v) is 7.06. The Morgan fingerprint density at radius 1 is 1.39 bits per heavy atom. The van der Waals surface area contributed by atoms with Crippen LogP contribution >= 0.6 is 23.8 Å². The maximum absolute atomic E-state index is 12.6. The van der Waals surface area contributed by atoms with Crippen LogP contribution in [0.25, 0.3) is 0 Å². The summed E-state index contributed by atoms with van der Waals surface area (Å²) in [6.45, 7) is 0. The van der Waals surface area contributed by atoms with Crippen LogP contribution in [0.4, 0.5) is 0 Å². The van der Waals surface area contributed by atoms with Gasteiger partial charge in [0, 0.05) is 28.6 Å². The number of nitrogens with one attached hydrogen (secondary N) is 1. The summed E-state index contributed by atoms with van der Waals surface area (Å²) in [6, 6.07) is 7.55. The van der Waals surface area contributed by atoms with Crippen molar-refractivity contribution in [2.45, 2.75) is 24.0 Å². The lowest BCUT2D eigenvalue weighted by Gasteiger charge is -2.37. The fourth-order valence-electron chi connectivity index (χ4n) is 2.44. The molecule has 1 fully saturated rings. The normalized spacial score (nSPS) is 27.8. The van der Waals surface area contributed by atoms with E-state index in [-0.39, 0.29) is 0 Å². The van der Waals surface area contributed by atoms with Crippen LogP contribution in [0.15, 0.2) is 24.3 Å². The van der Waals surface area contributed by atoms with Crippen LogP contribution in [-0.4, -0.2) is 22.0 Å². The van der Waals surface area contributed by atoms with Crippen LogP contribution in [-0.2, 0) is 15.5 Å². The molecule has 1 aromatic carbocycles. The molecule has 0 saturated carbocycles. The maximum Gasteiger partial charge on any atom is 0.121 e. The standard InChI is InChI=1S/C13H16ClNOS2/c1-15-12(17)13(8-2-3-9-18(13)16)10-4-6-11(14)7-5-10/h4-7H,2-3,8-9H2,1H3,(H,15,17)/t13-,18+/m0/s1. The second kappa shape index (κ2) is 5.68. The summed E-state index contributed by atoms with van der Waals surface area (Å²) in [5.74, 6) is 0.713. The molecule has 0 aromatic heterocycles. The zero-order valence-corrected chi connectivity index (χ0v) is 12.6. The van der Waals surface area contributed by atoms with Crippen molar-refractivity contribution in [3.8, 4) is 0 Å². The van der Waals surface area contributed by atoms with E-state index in [4.69, 9.17) is 23.8 Å². The zero-order valence-electron chi connectivity index (χ0n) is 10.2. The van der Waals surface area contributed by atoms with E-state index < -0.39 is 15.5 Å². The molecule has 1 saturated heterocycles. The van der Waals surface area contributed by atoms with E-state index in [0.29, 0.717) is 15.8 Å². The van der Waals surface area contributed by atoms with Gasteiger partial charge in [-0.3, -0.25) is 4.21 Å². The highest BCUT2D eigenvalue weighted by Crippen LogP contribution is 2.39. The van der Waals surface area contributed by atoms with Crippen molar-refractivity contribution in [2.75, 3.05) is 12.8 Å². The van der Waals surface area contributed by atoms with Gasteiger partial charge in [0.2, 0.25) is 0 Å². The molecule has 2 rings (SSSR count). The molecule has 0 bridgehead atoms. The predicted molar refractivity (Wildman–Crippen MR) is 81.6 cm³/mol. The maximum atomic E-state index is 12.6. The predicted octanol–water partition coefficient (Wildman–Crippen LogP) is 3.01. The van der Waals surface area contributed by atoms with E-state index >= 15 is 0 Å². The summed E-state index contributed by atoms with van der Waals surface area (Å²) in [6.07, 6.45) is 2.89. The number of likely N-dealkylation sites (N-methyl/N-ethyl adjacent to an activating group) is 1. The number of hydrogen-bond acceptors (Lipinski definition) is 2. The Morgan fingerprint density at radius 2 is 2.06 bits per heavy atom. The highest BCUT2D eigenvalue weighted by atomic mass is 35.5. The minimum absolute atomic E-state index is 0.535. The van der Waals surface area contributed by atoms with E-state index in [1.54, 1.807) is 7.05 Å². The molecule has 1 aliphatic heterocycles. The third kappa shape index (κ3) is 2.33. The molecule has 0 spiro atoms. The first-order chi connectivity index (χ1) is 8.61. The van der Waals surface area contributed by atoms with Crippen molar-refractivity contribution in [1.82, 2.24) is 5.32 Å². The summed E-state index contributed by atoms with van der Waals surface area (Å²) in [7, 11) is 0.826. The minimum atomic E-state index is -0.971. The van der Waals surface area contributed by atoms with Crippen LogP contribution in [0, 0.1) is 0 Å². The van der Waals surface area contributed by atoms with E-state index in [2.05, 4.69) is 5.32 Å². The van der Waals surface area contributed by atoms with Crippen molar-refractivity contribution in [3.63, 3.8) is 0 Å². The van der Waals surface area contributed by atoms with Gasteiger partial charge in [-0.15, -0.1) is 0 Å². The fraction of sp³-hybridized carbons (Fsp3) is 0.462. The van der Waals surface area contributed by atoms with Crippen LogP contribution in [0.2, 0.25) is 5.02 Å². The van der Waals surface area contributed by atoms with Gasteiger partial charge in [-0.25, -0.2) is 0 Å². The summed E-state index contributed by atoms with van der Waals surface area (Å²) in [4.78, 5) is 0.669. The van der Waals surface area contributed by atoms with E-state index in [9.17, 15) is 4.21 Å². The van der Waals surface area contributed by atoms with Gasteiger partial charge in [0.25, 0.3) is 0 Å². The molecule has 0 radical (unpaired) electrons. The molecular formula is C13H16ClNOS2. The number of hydrogen-bond donors (Lipinski definition) is 1. The third-order valence-corrected chi connectivity index (χ3v) is 6.42. The topological polar surface area (TPSA) is 29.1 Å². The van der Waals surface area contributed by atoms with E-state index in [1.807, 2.05) is 24.3 Å². The molecule has 0 amide bonds. The van der Waals surface area contributed by atoms with Crippen LogP contribution < -0.4 is 5.32 Å². The second-order valence-electron chi connectivity index (χ2n) is 4.42. The van der Waals surface area contributed by atoms with Crippen LogP contribution in [0.5, 0.6) is 0 Å².